The quantitative estimate of drug-likeness (QED) is 0.0839. The molecule has 0 fully saturated rings. The van der Waals surface area contributed by atoms with Gasteiger partial charge < -0.3 is 10.6 Å². The Kier molecular flexibility index (Phi) is 13.2. The topological polar surface area (TPSA) is 133 Å². The van der Waals surface area contributed by atoms with Crippen molar-refractivity contribution in [3.63, 3.8) is 0 Å². The summed E-state index contributed by atoms with van der Waals surface area (Å²) in [5, 5.41) is 14.0. The Morgan fingerprint density at radius 1 is 0.961 bits per heavy atom. The van der Waals surface area contributed by atoms with Crippen LogP contribution >= 0.6 is 0 Å². The normalized spacial score (nSPS) is 16.9. The third kappa shape index (κ3) is 10.4. The van der Waals surface area contributed by atoms with Crippen LogP contribution in [-0.2, 0) is 38.7 Å². The van der Waals surface area contributed by atoms with E-state index >= 15 is 0 Å². The number of amidine groups is 1. The Balaban J connectivity index is 1.62. The second-order valence-electron chi connectivity index (χ2n) is 12.8. The number of anilines is 1. The standard InChI is InChI=1S/C42H45N5O4/c1-29(24-25-45-41(43)32-16-10-5-11-17-32)26-36-33-18-22-37(47-51-28-30-12-6-3-7-13-30)40(36)35(31-14-8-4-9-15-31)21-19-34(48)20-23-39(49)46-38(27-33)42(50)44-2/h3-18,22,24,29,35,38,43,47H,19-21,23,26-28H2,1-2H3,(H,44,50)(H,46,49)/t29-,35?,38?/m0/s1. The van der Waals surface area contributed by atoms with E-state index < -0.39 is 6.04 Å². The summed E-state index contributed by atoms with van der Waals surface area (Å²) in [6.07, 6.45) is 3.55. The van der Waals surface area contributed by atoms with Gasteiger partial charge in [0.2, 0.25) is 11.8 Å². The molecule has 2 bridgehead atoms. The van der Waals surface area contributed by atoms with Gasteiger partial charge >= 0.3 is 0 Å². The molecule has 9 nitrogen and oxygen atoms in total. The van der Waals surface area contributed by atoms with Gasteiger partial charge in [-0.15, -0.1) is 0 Å². The summed E-state index contributed by atoms with van der Waals surface area (Å²) in [6, 6.07) is 32.4. The minimum atomic E-state index is -0.841. The van der Waals surface area contributed by atoms with Crippen molar-refractivity contribution in [2.45, 2.75) is 64.0 Å². The van der Waals surface area contributed by atoms with Crippen molar-refractivity contribution in [1.29, 1.82) is 5.41 Å². The van der Waals surface area contributed by atoms with Gasteiger partial charge in [0.15, 0.2) is 5.84 Å². The van der Waals surface area contributed by atoms with Crippen molar-refractivity contribution in [2.24, 2.45) is 10.9 Å². The van der Waals surface area contributed by atoms with E-state index in [1.807, 2.05) is 97.1 Å². The van der Waals surface area contributed by atoms with Crippen LogP contribution in [0.5, 0.6) is 0 Å². The van der Waals surface area contributed by atoms with Crippen molar-refractivity contribution in [3.05, 3.63) is 143 Å². The summed E-state index contributed by atoms with van der Waals surface area (Å²) in [4.78, 5) is 49.7. The number of carbonyl (C=O) groups is 3. The molecule has 0 aliphatic carbocycles. The first-order chi connectivity index (χ1) is 24.8. The fourth-order valence-electron chi connectivity index (χ4n) is 6.39. The van der Waals surface area contributed by atoms with Gasteiger partial charge in [0.05, 0.1) is 12.3 Å². The van der Waals surface area contributed by atoms with E-state index in [9.17, 15) is 14.4 Å². The van der Waals surface area contributed by atoms with E-state index in [-0.39, 0.29) is 61.0 Å². The fraction of sp³-hybridized carbons (Fsp3) is 0.286. The van der Waals surface area contributed by atoms with Crippen LogP contribution in [0.1, 0.15) is 71.9 Å². The zero-order chi connectivity index (χ0) is 36.0. The third-order valence-electron chi connectivity index (χ3n) is 9.04. The molecule has 4 aromatic rings. The molecule has 2 unspecified atom stereocenters. The highest BCUT2D eigenvalue weighted by molar-refractivity contribution is 6.00. The van der Waals surface area contributed by atoms with Crippen LogP contribution in [-0.4, -0.2) is 42.4 Å². The summed E-state index contributed by atoms with van der Waals surface area (Å²) in [7, 11) is 1.55. The largest absolute Gasteiger partial charge is 0.357 e. The van der Waals surface area contributed by atoms with E-state index in [4.69, 9.17) is 10.2 Å². The molecule has 1 heterocycles. The Morgan fingerprint density at radius 3 is 2.35 bits per heavy atom. The lowest BCUT2D eigenvalue weighted by molar-refractivity contribution is -0.129. The summed E-state index contributed by atoms with van der Waals surface area (Å²) in [5.41, 5.74) is 9.61. The number of nitrogens with one attached hydrogen (secondary N) is 4. The molecule has 0 saturated heterocycles. The average molecular weight is 684 g/mol. The van der Waals surface area contributed by atoms with Gasteiger partial charge in [-0.2, -0.15) is 4.99 Å². The van der Waals surface area contributed by atoms with Crippen molar-refractivity contribution < 1.29 is 19.2 Å². The van der Waals surface area contributed by atoms with Gasteiger partial charge in [-0.25, -0.2) is 0 Å². The summed E-state index contributed by atoms with van der Waals surface area (Å²) in [5.74, 6) is 2.15. The van der Waals surface area contributed by atoms with Gasteiger partial charge in [0.1, 0.15) is 11.8 Å². The zero-order valence-electron chi connectivity index (χ0n) is 29.2. The van der Waals surface area contributed by atoms with Gasteiger partial charge in [-0.3, -0.25) is 30.1 Å². The van der Waals surface area contributed by atoms with Gasteiger partial charge in [-0.05, 0) is 64.6 Å². The number of nitrogens with zero attached hydrogens (tertiary/aromatic N) is 1. The number of carbonyl (C=O) groups excluding carboxylic acids is 3. The maximum absolute atomic E-state index is 13.2. The van der Waals surface area contributed by atoms with E-state index in [0.29, 0.717) is 25.0 Å². The van der Waals surface area contributed by atoms with Gasteiger partial charge in [-0.1, -0.05) is 104 Å². The molecule has 0 aromatic heterocycles. The first-order valence-electron chi connectivity index (χ1n) is 17.4. The number of hydrogen-bond acceptors (Lipinski definition) is 6. The Labute approximate surface area is 299 Å². The summed E-state index contributed by atoms with van der Waals surface area (Å²) >= 11 is 0. The number of benzene rings is 4. The highest BCUT2D eigenvalue weighted by Gasteiger charge is 2.29. The first kappa shape index (κ1) is 36.6. The van der Waals surface area contributed by atoms with Crippen LogP contribution in [0.4, 0.5) is 5.69 Å². The smallest absolute Gasteiger partial charge is 0.242 e. The molecule has 4 N–H and O–H groups in total. The monoisotopic (exact) mass is 683 g/mol. The lowest BCUT2D eigenvalue weighted by Gasteiger charge is -2.28. The van der Waals surface area contributed by atoms with E-state index in [1.165, 1.54) is 0 Å². The van der Waals surface area contributed by atoms with Crippen molar-refractivity contribution in [2.75, 3.05) is 12.5 Å². The summed E-state index contributed by atoms with van der Waals surface area (Å²) < 4.78 is 0. The van der Waals surface area contributed by atoms with Crippen molar-refractivity contribution in [3.8, 4) is 0 Å². The van der Waals surface area contributed by atoms with E-state index in [1.54, 1.807) is 7.05 Å². The number of aliphatic imine (C=N–C) groups is 1. The molecule has 1 aliphatic rings. The predicted octanol–water partition coefficient (Wildman–Crippen LogP) is 6.71. The molecular formula is C42H45N5O4. The molecule has 2 amide bonds. The van der Waals surface area contributed by atoms with Crippen LogP contribution in [0.2, 0.25) is 0 Å². The third-order valence-corrected chi connectivity index (χ3v) is 9.04. The second-order valence-corrected chi connectivity index (χ2v) is 12.8. The molecule has 262 valence electrons. The number of rotatable bonds is 10. The van der Waals surface area contributed by atoms with E-state index in [0.717, 1.165) is 33.5 Å². The molecule has 0 saturated carbocycles. The predicted molar refractivity (Wildman–Crippen MR) is 201 cm³/mol. The molecule has 51 heavy (non-hydrogen) atoms. The first-order valence-corrected chi connectivity index (χ1v) is 17.4. The zero-order valence-corrected chi connectivity index (χ0v) is 29.2. The van der Waals surface area contributed by atoms with Crippen LogP contribution in [0.15, 0.2) is 114 Å². The second kappa shape index (κ2) is 18.4. The molecule has 5 rings (SSSR count). The average Bonchev–Trinajstić information content (AvgIpc) is 3.16. The molecule has 0 radical (unpaired) electrons. The number of ketones is 1. The SMILES string of the molecule is CNC(=O)C1Cc2ccc(NOCc3ccccc3)c(c2C[C@@H](C)C=C=NC(=N)c2ccccc2)C(c2ccccc2)CCC(=O)CCC(=O)N1. The van der Waals surface area contributed by atoms with Crippen LogP contribution < -0.4 is 16.1 Å². The number of fused-ring (bicyclic) bond motifs is 2. The lowest BCUT2D eigenvalue weighted by atomic mass is 9.78. The number of allylic oxidation sites excluding steroid dienone is 1. The van der Waals surface area contributed by atoms with Crippen molar-refractivity contribution >= 4 is 35.0 Å². The van der Waals surface area contributed by atoms with E-state index in [2.05, 4.69) is 46.0 Å². The van der Waals surface area contributed by atoms with Gasteiger partial charge in [0, 0.05) is 44.2 Å². The molecule has 9 heteroatoms. The minimum Gasteiger partial charge on any atom is -0.357 e. The Hall–Kier alpha value is -5.63. The molecular weight excluding hydrogens is 638 g/mol. The molecule has 3 atom stereocenters. The van der Waals surface area contributed by atoms with Crippen molar-refractivity contribution in [1.82, 2.24) is 10.6 Å². The summed E-state index contributed by atoms with van der Waals surface area (Å²) in [6.45, 7) is 2.39. The number of likely N-dealkylation sites (N-methyl/N-ethyl adjacent to an activating group) is 1. The molecule has 1 aliphatic heterocycles. The fourth-order valence-corrected chi connectivity index (χ4v) is 6.39. The highest BCUT2D eigenvalue weighted by atomic mass is 16.6. The highest BCUT2D eigenvalue weighted by Crippen LogP contribution is 2.40. The van der Waals surface area contributed by atoms with Crippen LogP contribution in [0.25, 0.3) is 0 Å². The Bertz CT molecular complexity index is 1870. The molecule has 4 aromatic carbocycles. The number of hydrogen-bond donors (Lipinski definition) is 4. The number of amides is 2. The maximum Gasteiger partial charge on any atom is 0.242 e. The maximum atomic E-state index is 13.2. The Morgan fingerprint density at radius 2 is 1.65 bits per heavy atom. The van der Waals surface area contributed by atoms with Crippen LogP contribution in [0, 0.1) is 11.3 Å². The molecule has 0 spiro atoms. The minimum absolute atomic E-state index is 0.0114. The van der Waals surface area contributed by atoms with Gasteiger partial charge in [0.25, 0.3) is 0 Å². The van der Waals surface area contributed by atoms with Crippen LogP contribution in [0.3, 0.4) is 0 Å². The number of Topliss-reactive ketones (excluding diaryl/α,β-unsaturated/α-hetero) is 1. The lowest BCUT2D eigenvalue weighted by Crippen LogP contribution is -2.47.